The molecule has 0 amide bonds. The van der Waals surface area contributed by atoms with Gasteiger partial charge in [0.1, 0.15) is 0 Å². The summed E-state index contributed by atoms with van der Waals surface area (Å²) < 4.78 is 26.4. The van der Waals surface area contributed by atoms with Crippen molar-refractivity contribution in [2.75, 3.05) is 35.2 Å². The van der Waals surface area contributed by atoms with Gasteiger partial charge in [-0.2, -0.15) is 11.8 Å². The molecule has 4 rings (SSSR count). The van der Waals surface area contributed by atoms with Crippen LogP contribution in [-0.2, 0) is 0 Å². The summed E-state index contributed by atoms with van der Waals surface area (Å²) in [5.41, 5.74) is 7.49. The van der Waals surface area contributed by atoms with Crippen LogP contribution in [0.4, 0.5) is 20.4 Å². The lowest BCUT2D eigenvalue weighted by Gasteiger charge is -2.37. The summed E-state index contributed by atoms with van der Waals surface area (Å²) >= 11 is 1.95. The van der Waals surface area contributed by atoms with E-state index in [0.717, 1.165) is 36.7 Å². The van der Waals surface area contributed by atoms with Crippen molar-refractivity contribution in [1.29, 1.82) is 0 Å². The van der Waals surface area contributed by atoms with Gasteiger partial charge in [0.25, 0.3) is 6.43 Å². The maximum Gasteiger partial charge on any atom is 0.263 e. The molecule has 7 heteroatoms. The van der Waals surface area contributed by atoms with Gasteiger partial charge in [0, 0.05) is 47.2 Å². The van der Waals surface area contributed by atoms with Crippen molar-refractivity contribution in [2.45, 2.75) is 12.8 Å². The molecule has 116 valence electrons. The Balaban J connectivity index is 1.82. The number of hydrogen-bond donors (Lipinski definition) is 1. The van der Waals surface area contributed by atoms with Gasteiger partial charge in [-0.05, 0) is 18.6 Å². The number of halogens is 2. The Labute approximate surface area is 131 Å². The maximum atomic E-state index is 13.2. The first kappa shape index (κ1) is 14.0. The van der Waals surface area contributed by atoms with Gasteiger partial charge in [-0.3, -0.25) is 0 Å². The molecule has 0 bridgehead atoms. The van der Waals surface area contributed by atoms with E-state index in [1.165, 1.54) is 12.3 Å². The number of aromatic nitrogens is 2. The fourth-order valence-corrected chi connectivity index (χ4v) is 4.55. The monoisotopic (exact) mass is 322 g/mol. The van der Waals surface area contributed by atoms with Crippen LogP contribution in [0.2, 0.25) is 0 Å². The Hall–Kier alpha value is -1.63. The number of nitrogen functional groups attached to an aromatic ring is 1. The summed E-state index contributed by atoms with van der Waals surface area (Å²) in [4.78, 5) is 10.4. The van der Waals surface area contributed by atoms with Crippen molar-refractivity contribution in [1.82, 2.24) is 9.97 Å². The van der Waals surface area contributed by atoms with E-state index in [0.29, 0.717) is 16.3 Å². The molecule has 0 aliphatic carbocycles. The summed E-state index contributed by atoms with van der Waals surface area (Å²) in [6, 6.07) is 3.01. The summed E-state index contributed by atoms with van der Waals surface area (Å²) in [5.74, 6) is 2.49. The first-order valence-corrected chi connectivity index (χ1v) is 8.39. The topological polar surface area (TPSA) is 55.0 Å². The van der Waals surface area contributed by atoms with E-state index in [1.807, 2.05) is 11.8 Å². The fraction of sp³-hybridized carbons (Fsp3) is 0.467. The van der Waals surface area contributed by atoms with Gasteiger partial charge in [0.15, 0.2) is 0 Å². The molecule has 1 aromatic heterocycles. The molecule has 2 aliphatic heterocycles. The molecule has 4 nitrogen and oxygen atoms in total. The van der Waals surface area contributed by atoms with Crippen LogP contribution in [0.15, 0.2) is 18.3 Å². The van der Waals surface area contributed by atoms with E-state index in [9.17, 15) is 8.78 Å². The van der Waals surface area contributed by atoms with Crippen molar-refractivity contribution < 1.29 is 8.78 Å². The normalized spacial score (nSPS) is 20.0. The molecular formula is C15H16F2N4S. The smallest absolute Gasteiger partial charge is 0.263 e. The molecule has 2 saturated heterocycles. The lowest BCUT2D eigenvalue weighted by atomic mass is 9.91. The Morgan fingerprint density at radius 2 is 2.14 bits per heavy atom. The second-order valence-electron chi connectivity index (χ2n) is 6.17. The van der Waals surface area contributed by atoms with Crippen molar-refractivity contribution in [3.05, 3.63) is 23.9 Å². The number of thioether (sulfide) groups is 1. The number of anilines is 2. The average molecular weight is 322 g/mol. The zero-order valence-electron chi connectivity index (χ0n) is 11.9. The lowest BCUT2D eigenvalue weighted by Crippen LogP contribution is -2.38. The molecule has 2 N–H and O–H groups in total. The molecule has 2 fully saturated rings. The fourth-order valence-electron chi connectivity index (χ4n) is 3.30. The van der Waals surface area contributed by atoms with Crippen LogP contribution in [0, 0.1) is 5.41 Å². The Kier molecular flexibility index (Phi) is 3.14. The highest BCUT2D eigenvalue weighted by Crippen LogP contribution is 2.47. The molecule has 0 unspecified atom stereocenters. The zero-order chi connectivity index (χ0) is 15.3. The number of fused-ring (bicyclic) bond motifs is 1. The lowest BCUT2D eigenvalue weighted by molar-refractivity contribution is 0.151. The number of nitrogens with two attached hydrogens (primary N) is 1. The van der Waals surface area contributed by atoms with Crippen molar-refractivity contribution in [3.8, 4) is 0 Å². The summed E-state index contributed by atoms with van der Waals surface area (Å²) in [7, 11) is 0. The Morgan fingerprint density at radius 1 is 1.32 bits per heavy atom. The second-order valence-corrected chi connectivity index (χ2v) is 7.16. The van der Waals surface area contributed by atoms with Crippen LogP contribution in [0.3, 0.4) is 0 Å². The molecule has 1 spiro atoms. The molecule has 2 aromatic rings. The minimum atomic E-state index is -2.50. The molecule has 2 aliphatic rings. The van der Waals surface area contributed by atoms with Crippen LogP contribution < -0.4 is 10.6 Å². The second kappa shape index (κ2) is 4.94. The third kappa shape index (κ3) is 2.18. The van der Waals surface area contributed by atoms with E-state index < -0.39 is 6.43 Å². The van der Waals surface area contributed by atoms with E-state index in [-0.39, 0.29) is 11.5 Å². The zero-order valence-corrected chi connectivity index (χ0v) is 12.7. The van der Waals surface area contributed by atoms with Crippen molar-refractivity contribution in [2.24, 2.45) is 5.41 Å². The minimum absolute atomic E-state index is 0.0137. The Morgan fingerprint density at radius 3 is 2.77 bits per heavy atom. The maximum absolute atomic E-state index is 13.2. The number of alkyl halides is 2. The highest BCUT2D eigenvalue weighted by molar-refractivity contribution is 8.00. The predicted octanol–water partition coefficient (Wildman–Crippen LogP) is 3.09. The van der Waals surface area contributed by atoms with Gasteiger partial charge in [-0.1, -0.05) is 0 Å². The van der Waals surface area contributed by atoms with Crippen LogP contribution in [0.25, 0.3) is 10.9 Å². The van der Waals surface area contributed by atoms with Crippen LogP contribution in [0.1, 0.15) is 18.4 Å². The first-order valence-electron chi connectivity index (χ1n) is 7.23. The van der Waals surface area contributed by atoms with Crippen molar-refractivity contribution >= 4 is 34.3 Å². The molecule has 0 radical (unpaired) electrons. The molecule has 3 heterocycles. The minimum Gasteiger partial charge on any atom is -0.369 e. The van der Waals surface area contributed by atoms with E-state index in [1.54, 1.807) is 6.07 Å². The van der Waals surface area contributed by atoms with Gasteiger partial charge < -0.3 is 10.6 Å². The molecule has 0 saturated carbocycles. The highest BCUT2D eigenvalue weighted by atomic mass is 32.2. The molecule has 1 aromatic carbocycles. The van der Waals surface area contributed by atoms with Crippen molar-refractivity contribution in [3.63, 3.8) is 0 Å². The third-order valence-corrected chi connectivity index (χ3v) is 6.18. The predicted molar refractivity (Wildman–Crippen MR) is 85.5 cm³/mol. The standard InChI is InChI=1S/C15H16F2N4S/c16-13(17)9-3-10-5-19-14(18)20-12(10)11(4-9)21-2-1-15(6-21)7-22-8-15/h3-5,13H,1-2,6-8H2,(H2,18,19,20). The van der Waals surface area contributed by atoms with Gasteiger partial charge >= 0.3 is 0 Å². The number of nitrogens with zero attached hydrogens (tertiary/aromatic N) is 3. The Bertz CT molecular complexity index is 733. The molecular weight excluding hydrogens is 306 g/mol. The number of benzene rings is 1. The number of hydrogen-bond acceptors (Lipinski definition) is 5. The van der Waals surface area contributed by atoms with E-state index in [4.69, 9.17) is 5.73 Å². The summed E-state index contributed by atoms with van der Waals surface area (Å²) in [6.07, 6.45) is 0.135. The highest BCUT2D eigenvalue weighted by Gasteiger charge is 2.44. The SMILES string of the molecule is Nc1ncc2cc(C(F)F)cc(N3CCC4(CSC4)C3)c2n1. The van der Waals surface area contributed by atoms with E-state index >= 15 is 0 Å². The summed E-state index contributed by atoms with van der Waals surface area (Å²) in [6.45, 7) is 1.79. The van der Waals surface area contributed by atoms with Crippen LogP contribution >= 0.6 is 11.8 Å². The van der Waals surface area contributed by atoms with Gasteiger partial charge in [-0.25, -0.2) is 18.7 Å². The quantitative estimate of drug-likeness (QED) is 0.921. The largest absolute Gasteiger partial charge is 0.369 e. The first-order chi connectivity index (χ1) is 10.6. The van der Waals surface area contributed by atoms with Gasteiger partial charge in [0.2, 0.25) is 5.95 Å². The molecule has 22 heavy (non-hydrogen) atoms. The molecule has 0 atom stereocenters. The average Bonchev–Trinajstić information content (AvgIpc) is 2.91. The van der Waals surface area contributed by atoms with E-state index in [2.05, 4.69) is 14.9 Å². The van der Waals surface area contributed by atoms with Gasteiger partial charge in [-0.15, -0.1) is 0 Å². The number of rotatable bonds is 2. The van der Waals surface area contributed by atoms with Gasteiger partial charge in [0.05, 0.1) is 11.2 Å². The third-order valence-electron chi connectivity index (χ3n) is 4.55. The van der Waals surface area contributed by atoms with Crippen LogP contribution in [-0.4, -0.2) is 34.6 Å². The van der Waals surface area contributed by atoms with Crippen LogP contribution in [0.5, 0.6) is 0 Å². The summed E-state index contributed by atoms with van der Waals surface area (Å²) in [5, 5.41) is 0.617.